The van der Waals surface area contributed by atoms with Crippen LogP contribution in [0.3, 0.4) is 0 Å². The Labute approximate surface area is 113 Å². The van der Waals surface area contributed by atoms with Crippen LogP contribution in [0.5, 0.6) is 0 Å². The molecule has 2 N–H and O–H groups in total. The van der Waals surface area contributed by atoms with Gasteiger partial charge in [0.1, 0.15) is 5.82 Å². The van der Waals surface area contributed by atoms with Crippen LogP contribution in [0.15, 0.2) is 24.3 Å². The minimum Gasteiger partial charge on any atom is -0.330 e. The summed E-state index contributed by atoms with van der Waals surface area (Å²) in [6.45, 7) is 3.40. The molecule has 1 aliphatic rings. The topological polar surface area (TPSA) is 63.4 Å². The fourth-order valence-corrected chi connectivity index (χ4v) is 3.97. The van der Waals surface area contributed by atoms with Crippen LogP contribution in [0.1, 0.15) is 18.9 Å². The zero-order chi connectivity index (χ0) is 14.1. The van der Waals surface area contributed by atoms with Crippen molar-refractivity contribution >= 4 is 10.0 Å². The molecule has 1 heterocycles. The van der Waals surface area contributed by atoms with E-state index in [1.54, 1.807) is 6.07 Å². The third-order valence-electron chi connectivity index (χ3n) is 3.65. The monoisotopic (exact) mass is 286 g/mol. The van der Waals surface area contributed by atoms with Crippen LogP contribution in [-0.4, -0.2) is 32.4 Å². The van der Waals surface area contributed by atoms with E-state index in [1.807, 2.05) is 6.92 Å². The highest BCUT2D eigenvalue weighted by Crippen LogP contribution is 2.31. The summed E-state index contributed by atoms with van der Waals surface area (Å²) in [6.07, 6.45) is 0.770. The molecule has 2 rings (SSSR count). The van der Waals surface area contributed by atoms with Gasteiger partial charge in [-0.1, -0.05) is 19.1 Å². The van der Waals surface area contributed by atoms with Gasteiger partial charge in [0.15, 0.2) is 0 Å². The first-order chi connectivity index (χ1) is 8.85. The summed E-state index contributed by atoms with van der Waals surface area (Å²) >= 11 is 0. The predicted molar refractivity (Wildman–Crippen MR) is 72.4 cm³/mol. The van der Waals surface area contributed by atoms with E-state index in [0.717, 1.165) is 6.42 Å². The Balaban J connectivity index is 2.12. The molecule has 1 atom stereocenters. The molecular weight excluding hydrogens is 267 g/mol. The molecule has 1 aliphatic heterocycles. The van der Waals surface area contributed by atoms with Crippen molar-refractivity contribution in [3.05, 3.63) is 35.6 Å². The van der Waals surface area contributed by atoms with Gasteiger partial charge in [0, 0.05) is 13.1 Å². The molecular formula is C13H19FN2O2S. The van der Waals surface area contributed by atoms with Crippen molar-refractivity contribution in [3.63, 3.8) is 0 Å². The average molecular weight is 286 g/mol. The number of hydrogen-bond acceptors (Lipinski definition) is 3. The van der Waals surface area contributed by atoms with E-state index in [-0.39, 0.29) is 11.2 Å². The molecule has 0 radical (unpaired) electrons. The van der Waals surface area contributed by atoms with Crippen molar-refractivity contribution in [3.8, 4) is 0 Å². The van der Waals surface area contributed by atoms with Gasteiger partial charge in [0.05, 0.1) is 5.75 Å². The van der Waals surface area contributed by atoms with E-state index in [4.69, 9.17) is 5.73 Å². The van der Waals surface area contributed by atoms with E-state index < -0.39 is 15.8 Å². The van der Waals surface area contributed by atoms with Gasteiger partial charge in [-0.25, -0.2) is 17.1 Å². The molecule has 0 saturated carbocycles. The standard InChI is InChI=1S/C13H19FN2O2S/c1-13(9-15)5-6-16(10-13)19(17,18)8-11-3-2-4-12(14)7-11/h2-4,7H,5-6,8-10,15H2,1H3. The number of benzene rings is 1. The van der Waals surface area contributed by atoms with Gasteiger partial charge in [0.25, 0.3) is 0 Å². The second kappa shape index (κ2) is 5.19. The van der Waals surface area contributed by atoms with Gasteiger partial charge in [-0.15, -0.1) is 0 Å². The number of rotatable bonds is 4. The molecule has 1 unspecified atom stereocenters. The molecule has 0 amide bonds. The lowest BCUT2D eigenvalue weighted by atomic mass is 9.90. The number of halogens is 1. The van der Waals surface area contributed by atoms with E-state index in [1.165, 1.54) is 22.5 Å². The highest BCUT2D eigenvalue weighted by Gasteiger charge is 2.38. The molecule has 1 fully saturated rings. The zero-order valence-corrected chi connectivity index (χ0v) is 11.8. The van der Waals surface area contributed by atoms with Crippen molar-refractivity contribution in [2.75, 3.05) is 19.6 Å². The van der Waals surface area contributed by atoms with Gasteiger partial charge in [-0.2, -0.15) is 0 Å². The van der Waals surface area contributed by atoms with Crippen molar-refractivity contribution in [1.29, 1.82) is 0 Å². The summed E-state index contributed by atoms with van der Waals surface area (Å²) in [7, 11) is -3.40. The first kappa shape index (κ1) is 14.4. The van der Waals surface area contributed by atoms with Crippen molar-refractivity contribution in [2.45, 2.75) is 19.1 Å². The van der Waals surface area contributed by atoms with Crippen LogP contribution in [-0.2, 0) is 15.8 Å². The van der Waals surface area contributed by atoms with Crippen LogP contribution >= 0.6 is 0 Å². The molecule has 1 saturated heterocycles. The Morgan fingerprint density at radius 2 is 2.21 bits per heavy atom. The smallest absolute Gasteiger partial charge is 0.218 e. The molecule has 0 aliphatic carbocycles. The summed E-state index contributed by atoms with van der Waals surface area (Å²) in [5.74, 6) is -0.577. The molecule has 0 bridgehead atoms. The Kier molecular flexibility index (Phi) is 3.94. The highest BCUT2D eigenvalue weighted by molar-refractivity contribution is 7.88. The normalized spacial score (nSPS) is 24.8. The fraction of sp³-hybridized carbons (Fsp3) is 0.538. The molecule has 0 spiro atoms. The summed E-state index contributed by atoms with van der Waals surface area (Å²) in [6, 6.07) is 5.71. The lowest BCUT2D eigenvalue weighted by Gasteiger charge is -2.22. The number of nitrogens with two attached hydrogens (primary N) is 1. The molecule has 1 aromatic carbocycles. The summed E-state index contributed by atoms with van der Waals surface area (Å²) < 4.78 is 39.1. The SMILES string of the molecule is CC1(CN)CCN(S(=O)(=O)Cc2cccc(F)c2)C1. The maximum Gasteiger partial charge on any atom is 0.218 e. The lowest BCUT2D eigenvalue weighted by Crippen LogP contribution is -2.35. The maximum atomic E-state index is 13.1. The van der Waals surface area contributed by atoms with Gasteiger partial charge < -0.3 is 5.73 Å². The fourth-order valence-electron chi connectivity index (χ4n) is 2.31. The van der Waals surface area contributed by atoms with Gasteiger partial charge in [0.2, 0.25) is 10.0 Å². The highest BCUT2D eigenvalue weighted by atomic mass is 32.2. The quantitative estimate of drug-likeness (QED) is 0.908. The third-order valence-corrected chi connectivity index (χ3v) is 5.44. The van der Waals surface area contributed by atoms with E-state index >= 15 is 0 Å². The number of hydrogen-bond donors (Lipinski definition) is 1. The Morgan fingerprint density at radius 1 is 1.47 bits per heavy atom. The average Bonchev–Trinajstić information content (AvgIpc) is 2.73. The Bertz CT molecular complexity index is 562. The third kappa shape index (κ3) is 3.32. The number of sulfonamides is 1. The van der Waals surface area contributed by atoms with E-state index in [2.05, 4.69) is 0 Å². The maximum absolute atomic E-state index is 13.1. The van der Waals surface area contributed by atoms with E-state index in [0.29, 0.717) is 25.2 Å². The van der Waals surface area contributed by atoms with Gasteiger partial charge >= 0.3 is 0 Å². The second-order valence-electron chi connectivity index (χ2n) is 5.48. The summed E-state index contributed by atoms with van der Waals surface area (Å²) in [5, 5.41) is 0. The summed E-state index contributed by atoms with van der Waals surface area (Å²) in [5.41, 5.74) is 6.00. The molecule has 6 heteroatoms. The lowest BCUT2D eigenvalue weighted by molar-refractivity contribution is 0.349. The predicted octanol–water partition coefficient (Wildman–Crippen LogP) is 1.33. The van der Waals surface area contributed by atoms with Crippen molar-refractivity contribution in [2.24, 2.45) is 11.1 Å². The van der Waals surface area contributed by atoms with Crippen LogP contribution in [0.4, 0.5) is 4.39 Å². The molecule has 19 heavy (non-hydrogen) atoms. The van der Waals surface area contributed by atoms with Gasteiger partial charge in [-0.05, 0) is 36.1 Å². The molecule has 106 valence electrons. The van der Waals surface area contributed by atoms with Crippen LogP contribution in [0, 0.1) is 11.2 Å². The Morgan fingerprint density at radius 3 is 2.79 bits per heavy atom. The second-order valence-corrected chi connectivity index (χ2v) is 7.45. The van der Waals surface area contributed by atoms with Crippen molar-refractivity contribution in [1.82, 2.24) is 4.31 Å². The molecule has 4 nitrogen and oxygen atoms in total. The van der Waals surface area contributed by atoms with Gasteiger partial charge in [-0.3, -0.25) is 0 Å². The largest absolute Gasteiger partial charge is 0.330 e. The first-order valence-corrected chi connectivity index (χ1v) is 7.88. The minimum absolute atomic E-state index is 0.144. The molecule has 0 aromatic heterocycles. The van der Waals surface area contributed by atoms with Crippen molar-refractivity contribution < 1.29 is 12.8 Å². The summed E-state index contributed by atoms with van der Waals surface area (Å²) in [4.78, 5) is 0. The minimum atomic E-state index is -3.40. The molecule has 1 aromatic rings. The van der Waals surface area contributed by atoms with Crippen LogP contribution in [0.25, 0.3) is 0 Å². The Hall–Kier alpha value is -0.980. The van der Waals surface area contributed by atoms with Crippen LogP contribution < -0.4 is 5.73 Å². The van der Waals surface area contributed by atoms with E-state index in [9.17, 15) is 12.8 Å². The zero-order valence-electron chi connectivity index (χ0n) is 11.0. The number of nitrogens with zero attached hydrogens (tertiary/aromatic N) is 1. The first-order valence-electron chi connectivity index (χ1n) is 6.27. The van der Waals surface area contributed by atoms with Crippen LogP contribution in [0.2, 0.25) is 0 Å².